The third-order valence-electron chi connectivity index (χ3n) is 4.46. The van der Waals surface area contributed by atoms with Crippen molar-refractivity contribution in [1.82, 2.24) is 9.55 Å². The SMILES string of the molecule is CC[C@H](C(=O)OC(C)C)n1cnc2sc(C(=O)Nc3ccccc3)c(C)c2c1=O. The highest BCUT2D eigenvalue weighted by atomic mass is 32.1. The Morgan fingerprint density at radius 2 is 1.93 bits per heavy atom. The third-order valence-corrected chi connectivity index (χ3v) is 5.66. The van der Waals surface area contributed by atoms with Gasteiger partial charge in [0, 0.05) is 5.69 Å². The first-order valence-electron chi connectivity index (χ1n) is 9.40. The molecular formula is C21H23N3O4S. The van der Waals surface area contributed by atoms with Gasteiger partial charge in [-0.25, -0.2) is 9.78 Å². The molecule has 1 atom stereocenters. The second-order valence-corrected chi connectivity index (χ2v) is 7.92. The molecule has 0 spiro atoms. The van der Waals surface area contributed by atoms with Gasteiger partial charge >= 0.3 is 5.97 Å². The average molecular weight is 413 g/mol. The van der Waals surface area contributed by atoms with Crippen molar-refractivity contribution in [1.29, 1.82) is 0 Å². The molecule has 2 heterocycles. The van der Waals surface area contributed by atoms with E-state index >= 15 is 0 Å². The van der Waals surface area contributed by atoms with Crippen molar-refractivity contribution in [2.24, 2.45) is 0 Å². The maximum absolute atomic E-state index is 13.1. The quantitative estimate of drug-likeness (QED) is 0.619. The van der Waals surface area contributed by atoms with Crippen molar-refractivity contribution in [2.75, 3.05) is 5.32 Å². The van der Waals surface area contributed by atoms with Crippen molar-refractivity contribution in [3.63, 3.8) is 0 Å². The Kier molecular flexibility index (Phi) is 6.12. The molecule has 0 unspecified atom stereocenters. The molecule has 152 valence electrons. The molecule has 0 bridgehead atoms. The van der Waals surface area contributed by atoms with Gasteiger partial charge in [0.1, 0.15) is 10.9 Å². The normalized spacial score (nSPS) is 12.2. The number of thiophene rings is 1. The zero-order valence-corrected chi connectivity index (χ0v) is 17.6. The van der Waals surface area contributed by atoms with Crippen LogP contribution < -0.4 is 10.9 Å². The van der Waals surface area contributed by atoms with Gasteiger partial charge in [0.15, 0.2) is 0 Å². The molecule has 0 saturated carbocycles. The van der Waals surface area contributed by atoms with Gasteiger partial charge < -0.3 is 10.1 Å². The number of hydrogen-bond acceptors (Lipinski definition) is 6. The molecule has 0 saturated heterocycles. The summed E-state index contributed by atoms with van der Waals surface area (Å²) >= 11 is 1.16. The summed E-state index contributed by atoms with van der Waals surface area (Å²) in [5.74, 6) is -0.769. The second kappa shape index (κ2) is 8.57. The molecule has 3 aromatic rings. The van der Waals surface area contributed by atoms with E-state index in [1.165, 1.54) is 10.9 Å². The maximum Gasteiger partial charge on any atom is 0.329 e. The second-order valence-electron chi connectivity index (χ2n) is 6.92. The molecule has 0 aliphatic rings. The van der Waals surface area contributed by atoms with Crippen LogP contribution in [0.4, 0.5) is 5.69 Å². The zero-order valence-electron chi connectivity index (χ0n) is 16.8. The number of nitrogens with zero attached hydrogens (tertiary/aromatic N) is 2. The fourth-order valence-electron chi connectivity index (χ4n) is 3.07. The van der Waals surface area contributed by atoms with E-state index in [2.05, 4.69) is 10.3 Å². The summed E-state index contributed by atoms with van der Waals surface area (Å²) in [7, 11) is 0. The van der Waals surface area contributed by atoms with Crippen LogP contribution in [0, 0.1) is 6.92 Å². The first kappa shape index (κ1) is 20.7. The number of para-hydroxylation sites is 1. The highest BCUT2D eigenvalue weighted by Gasteiger charge is 2.26. The Labute approximate surface area is 172 Å². The van der Waals surface area contributed by atoms with Crippen molar-refractivity contribution in [3.05, 3.63) is 57.5 Å². The van der Waals surface area contributed by atoms with E-state index in [0.717, 1.165) is 11.3 Å². The van der Waals surface area contributed by atoms with Crippen molar-refractivity contribution >= 4 is 39.1 Å². The van der Waals surface area contributed by atoms with Crippen LogP contribution in [-0.2, 0) is 9.53 Å². The largest absolute Gasteiger partial charge is 0.461 e. The number of carbonyl (C=O) groups is 2. The lowest BCUT2D eigenvalue weighted by Crippen LogP contribution is -2.32. The summed E-state index contributed by atoms with van der Waals surface area (Å²) in [6, 6.07) is 8.34. The lowest BCUT2D eigenvalue weighted by atomic mass is 10.2. The van der Waals surface area contributed by atoms with Crippen molar-refractivity contribution in [2.45, 2.75) is 46.3 Å². The van der Waals surface area contributed by atoms with Gasteiger partial charge in [-0.15, -0.1) is 11.3 Å². The van der Waals surface area contributed by atoms with Crippen LogP contribution in [0.25, 0.3) is 10.2 Å². The molecule has 2 aromatic heterocycles. The molecule has 0 fully saturated rings. The van der Waals surface area contributed by atoms with Crippen LogP contribution in [0.3, 0.4) is 0 Å². The minimum Gasteiger partial charge on any atom is -0.461 e. The van der Waals surface area contributed by atoms with Gasteiger partial charge in [-0.3, -0.25) is 14.2 Å². The number of ether oxygens (including phenoxy) is 1. The van der Waals surface area contributed by atoms with Gasteiger partial charge in [0.25, 0.3) is 11.5 Å². The smallest absolute Gasteiger partial charge is 0.329 e. The number of benzene rings is 1. The van der Waals surface area contributed by atoms with E-state index in [1.54, 1.807) is 32.9 Å². The zero-order chi connectivity index (χ0) is 21.1. The number of hydrogen-bond donors (Lipinski definition) is 1. The lowest BCUT2D eigenvalue weighted by Gasteiger charge is -2.18. The van der Waals surface area contributed by atoms with Crippen LogP contribution >= 0.6 is 11.3 Å². The predicted molar refractivity (Wildman–Crippen MR) is 114 cm³/mol. The Balaban J connectivity index is 2.00. The van der Waals surface area contributed by atoms with Gasteiger partial charge in [0.2, 0.25) is 0 Å². The number of aromatic nitrogens is 2. The van der Waals surface area contributed by atoms with E-state index in [1.807, 2.05) is 25.1 Å². The van der Waals surface area contributed by atoms with Crippen LogP contribution in [0.15, 0.2) is 41.5 Å². The Morgan fingerprint density at radius 1 is 1.24 bits per heavy atom. The minimum atomic E-state index is -0.761. The molecule has 8 heteroatoms. The van der Waals surface area contributed by atoms with Crippen LogP contribution in [0.1, 0.15) is 48.5 Å². The molecule has 0 aliphatic heterocycles. The number of nitrogens with one attached hydrogen (secondary N) is 1. The van der Waals surface area contributed by atoms with Gasteiger partial charge in [-0.2, -0.15) is 0 Å². The first-order chi connectivity index (χ1) is 13.8. The highest BCUT2D eigenvalue weighted by molar-refractivity contribution is 7.20. The van der Waals surface area contributed by atoms with E-state index in [4.69, 9.17) is 4.74 Å². The minimum absolute atomic E-state index is 0.278. The Bertz CT molecular complexity index is 1100. The molecule has 1 N–H and O–H groups in total. The van der Waals surface area contributed by atoms with Crippen molar-refractivity contribution < 1.29 is 14.3 Å². The molecular weight excluding hydrogens is 390 g/mol. The standard InChI is InChI=1S/C21H23N3O4S/c1-5-15(21(27)28-12(2)3)24-11-22-19-16(20(24)26)13(4)17(29-19)18(25)23-14-9-7-6-8-10-14/h6-12,15H,5H2,1-4H3,(H,23,25)/t15-/m1/s1. The molecule has 0 radical (unpaired) electrons. The van der Waals surface area contributed by atoms with Crippen molar-refractivity contribution in [3.8, 4) is 0 Å². The Hall–Kier alpha value is -3.00. The molecule has 3 rings (SSSR count). The molecule has 7 nitrogen and oxygen atoms in total. The van der Waals surface area contributed by atoms with E-state index in [0.29, 0.717) is 32.8 Å². The first-order valence-corrected chi connectivity index (χ1v) is 10.2. The number of carbonyl (C=O) groups excluding carboxylic acids is 2. The number of aryl methyl sites for hydroxylation is 1. The number of anilines is 1. The Morgan fingerprint density at radius 3 is 2.55 bits per heavy atom. The summed E-state index contributed by atoms with van der Waals surface area (Å²) < 4.78 is 6.57. The molecule has 1 amide bonds. The van der Waals surface area contributed by atoms with Crippen LogP contribution in [0.2, 0.25) is 0 Å². The highest BCUT2D eigenvalue weighted by Crippen LogP contribution is 2.28. The van der Waals surface area contributed by atoms with Gasteiger partial charge in [-0.05, 0) is 44.9 Å². The average Bonchev–Trinajstić information content (AvgIpc) is 3.02. The molecule has 1 aromatic carbocycles. The maximum atomic E-state index is 13.1. The summed E-state index contributed by atoms with van der Waals surface area (Å²) in [4.78, 5) is 43.5. The third kappa shape index (κ3) is 4.22. The fourth-order valence-corrected chi connectivity index (χ4v) is 4.11. The summed E-state index contributed by atoms with van der Waals surface area (Å²) in [6.07, 6.45) is 1.47. The van der Waals surface area contributed by atoms with Crippen LogP contribution in [0.5, 0.6) is 0 Å². The summed E-state index contributed by atoms with van der Waals surface area (Å²) in [6.45, 7) is 7.05. The number of fused-ring (bicyclic) bond motifs is 1. The van der Waals surface area contributed by atoms with Gasteiger partial charge in [-0.1, -0.05) is 25.1 Å². The lowest BCUT2D eigenvalue weighted by molar-refractivity contribution is -0.151. The van der Waals surface area contributed by atoms with Crippen LogP contribution in [-0.4, -0.2) is 27.5 Å². The fraction of sp³-hybridized carbons (Fsp3) is 0.333. The van der Waals surface area contributed by atoms with E-state index in [-0.39, 0.29) is 17.6 Å². The van der Waals surface area contributed by atoms with E-state index < -0.39 is 12.0 Å². The number of esters is 1. The summed E-state index contributed by atoms with van der Waals surface area (Å²) in [5.41, 5.74) is 0.870. The van der Waals surface area contributed by atoms with E-state index in [9.17, 15) is 14.4 Å². The number of rotatable bonds is 6. The molecule has 0 aliphatic carbocycles. The molecule has 29 heavy (non-hydrogen) atoms. The monoisotopic (exact) mass is 413 g/mol. The van der Waals surface area contributed by atoms with Gasteiger partial charge in [0.05, 0.1) is 22.7 Å². The number of amides is 1. The topological polar surface area (TPSA) is 90.3 Å². The summed E-state index contributed by atoms with van der Waals surface area (Å²) in [5, 5.41) is 3.18. The predicted octanol–water partition coefficient (Wildman–Crippen LogP) is 3.92.